The van der Waals surface area contributed by atoms with Crippen molar-refractivity contribution in [3.8, 4) is 0 Å². The van der Waals surface area contributed by atoms with Gasteiger partial charge < -0.3 is 14.8 Å². The predicted molar refractivity (Wildman–Crippen MR) is 80.0 cm³/mol. The topological polar surface area (TPSA) is 113 Å². The van der Waals surface area contributed by atoms with Crippen molar-refractivity contribution in [3.05, 3.63) is 0 Å². The fourth-order valence-electron chi connectivity index (χ4n) is 2.33. The molecule has 1 saturated heterocycles. The summed E-state index contributed by atoms with van der Waals surface area (Å²) in [4.78, 5) is 23.7. The molecule has 1 aliphatic heterocycles. The third-order valence-corrected chi connectivity index (χ3v) is 4.89. The van der Waals surface area contributed by atoms with Crippen LogP contribution in [0.3, 0.4) is 0 Å². The van der Waals surface area contributed by atoms with Crippen molar-refractivity contribution in [1.82, 2.24) is 4.90 Å². The van der Waals surface area contributed by atoms with E-state index in [0.717, 1.165) is 4.90 Å². The first-order valence-corrected chi connectivity index (χ1v) is 7.90. The summed E-state index contributed by atoms with van der Waals surface area (Å²) < 4.78 is 15.2. The molecule has 1 aliphatic rings. The summed E-state index contributed by atoms with van der Waals surface area (Å²) in [5.41, 5.74) is -1.39. The Hall–Kier alpha value is -1.28. The molecule has 8 heteroatoms. The van der Waals surface area contributed by atoms with Gasteiger partial charge in [0, 0.05) is 6.54 Å². The molecule has 0 spiro atoms. The van der Waals surface area contributed by atoms with Gasteiger partial charge in [0.25, 0.3) is 0 Å². The molecule has 120 valence electrons. The maximum Gasteiger partial charge on any atom is 0.408 e. The molecular formula is C13H22N2O5S. The molecule has 1 unspecified atom stereocenters. The van der Waals surface area contributed by atoms with Crippen LogP contribution in [0.2, 0.25) is 0 Å². The van der Waals surface area contributed by atoms with Crippen molar-refractivity contribution in [1.29, 1.82) is 0 Å². The van der Waals surface area contributed by atoms with Crippen LogP contribution in [0.1, 0.15) is 46.5 Å². The van der Waals surface area contributed by atoms with E-state index in [9.17, 15) is 19.2 Å². The first kappa shape index (κ1) is 17.8. The zero-order valence-electron chi connectivity index (χ0n) is 12.5. The number of hydrogen-bond acceptors (Lipinski definition) is 4. The summed E-state index contributed by atoms with van der Waals surface area (Å²) in [6.45, 7) is 5.61. The molecule has 2 atom stereocenters. The molecule has 0 saturated carbocycles. The highest BCUT2D eigenvalue weighted by Gasteiger charge is 2.49. The molecule has 1 amide bonds. The zero-order valence-corrected chi connectivity index (χ0v) is 13.4. The number of rotatable bonds is 5. The number of carboxylic acid groups (broad SMARTS) is 2. The fraction of sp³-hybridized carbons (Fsp3) is 0.769. The van der Waals surface area contributed by atoms with Crippen LogP contribution in [0.5, 0.6) is 0 Å². The van der Waals surface area contributed by atoms with E-state index in [-0.39, 0.29) is 19.4 Å². The second-order valence-corrected chi connectivity index (χ2v) is 8.00. The number of amides is 1. The van der Waals surface area contributed by atoms with Crippen LogP contribution in [0, 0.1) is 0 Å². The zero-order chi connectivity index (χ0) is 16.3. The van der Waals surface area contributed by atoms with Crippen molar-refractivity contribution in [3.63, 3.8) is 0 Å². The predicted octanol–water partition coefficient (Wildman–Crippen LogP) is 1.90. The molecule has 0 aliphatic carbocycles. The third kappa shape index (κ3) is 4.10. The smallest absolute Gasteiger partial charge is 0.408 e. The molecule has 1 fully saturated rings. The van der Waals surface area contributed by atoms with Crippen LogP contribution in [0.15, 0.2) is 4.40 Å². The van der Waals surface area contributed by atoms with Crippen LogP contribution in [-0.2, 0) is 16.2 Å². The Morgan fingerprint density at radius 3 is 2.52 bits per heavy atom. The lowest BCUT2D eigenvalue weighted by molar-refractivity contribution is -0.149. The number of nitrogens with zero attached hydrogens (tertiary/aromatic N) is 2. The summed E-state index contributed by atoms with van der Waals surface area (Å²) >= 11 is -1.39. The minimum Gasteiger partial charge on any atom is -0.591 e. The lowest BCUT2D eigenvalue weighted by Gasteiger charge is -2.32. The Balaban J connectivity index is 2.71. The van der Waals surface area contributed by atoms with Crippen molar-refractivity contribution in [2.24, 2.45) is 4.40 Å². The highest BCUT2D eigenvalue weighted by atomic mass is 32.2. The molecule has 21 heavy (non-hydrogen) atoms. The van der Waals surface area contributed by atoms with E-state index < -0.39 is 33.7 Å². The monoisotopic (exact) mass is 318 g/mol. The van der Waals surface area contributed by atoms with Crippen LogP contribution >= 0.6 is 0 Å². The van der Waals surface area contributed by atoms with Gasteiger partial charge in [0.05, 0.1) is 6.21 Å². The summed E-state index contributed by atoms with van der Waals surface area (Å²) in [6.07, 6.45) is 1.46. The Labute approximate surface area is 127 Å². The van der Waals surface area contributed by atoms with Crippen molar-refractivity contribution < 1.29 is 24.4 Å². The van der Waals surface area contributed by atoms with E-state index in [1.807, 2.05) is 0 Å². The summed E-state index contributed by atoms with van der Waals surface area (Å²) in [6, 6.07) is 0. The van der Waals surface area contributed by atoms with E-state index in [2.05, 4.69) is 4.40 Å². The number of carboxylic acids is 1. The second kappa shape index (κ2) is 6.65. The lowest BCUT2D eigenvalue weighted by atomic mass is 9.91. The van der Waals surface area contributed by atoms with Gasteiger partial charge in [-0.25, -0.2) is 9.59 Å². The molecular weight excluding hydrogens is 296 g/mol. The van der Waals surface area contributed by atoms with E-state index in [1.165, 1.54) is 6.21 Å². The van der Waals surface area contributed by atoms with E-state index in [1.54, 1.807) is 20.8 Å². The first-order valence-electron chi connectivity index (χ1n) is 6.80. The van der Waals surface area contributed by atoms with Gasteiger partial charge in [-0.1, -0.05) is 4.40 Å². The Bertz CT molecular complexity index is 435. The van der Waals surface area contributed by atoms with E-state index in [4.69, 9.17) is 5.11 Å². The molecule has 1 rings (SSSR count). The SMILES string of the molecule is CC(C)(C)[S+]([O-])/N=C/CC[C@@]1(C(=O)O)CCCN1C(=O)O. The van der Waals surface area contributed by atoms with Gasteiger partial charge in [-0.2, -0.15) is 0 Å². The van der Waals surface area contributed by atoms with Crippen molar-refractivity contribution in [2.45, 2.75) is 56.7 Å². The minimum absolute atomic E-state index is 0.138. The van der Waals surface area contributed by atoms with Crippen LogP contribution < -0.4 is 0 Å². The highest BCUT2D eigenvalue weighted by molar-refractivity contribution is 7.91. The summed E-state index contributed by atoms with van der Waals surface area (Å²) in [7, 11) is 0. The molecule has 0 aromatic carbocycles. The molecule has 7 nitrogen and oxygen atoms in total. The number of carbonyl (C=O) groups is 2. The molecule has 0 aromatic rings. The van der Waals surface area contributed by atoms with E-state index >= 15 is 0 Å². The average molecular weight is 318 g/mol. The van der Waals surface area contributed by atoms with Gasteiger partial charge >= 0.3 is 12.1 Å². The average Bonchev–Trinajstić information content (AvgIpc) is 2.78. The molecule has 1 heterocycles. The van der Waals surface area contributed by atoms with Crippen molar-refractivity contribution >= 4 is 29.6 Å². The maximum atomic E-state index is 11.7. The largest absolute Gasteiger partial charge is 0.591 e. The molecule has 0 radical (unpaired) electrons. The molecule has 0 bridgehead atoms. The number of likely N-dealkylation sites (tertiary alicyclic amines) is 1. The van der Waals surface area contributed by atoms with Crippen LogP contribution in [0.4, 0.5) is 4.79 Å². The van der Waals surface area contributed by atoms with Gasteiger partial charge in [-0.05, 0) is 46.5 Å². The van der Waals surface area contributed by atoms with Gasteiger partial charge in [0.15, 0.2) is 0 Å². The number of hydrogen-bond donors (Lipinski definition) is 2. The van der Waals surface area contributed by atoms with Gasteiger partial charge in [-0.3, -0.25) is 4.90 Å². The normalized spacial score (nSPS) is 24.5. The summed E-state index contributed by atoms with van der Waals surface area (Å²) in [5, 5.41) is 18.5. The lowest BCUT2D eigenvalue weighted by Crippen LogP contribution is -2.52. The quantitative estimate of drug-likeness (QED) is 0.593. The fourth-order valence-corrected chi connectivity index (χ4v) is 2.89. The maximum absolute atomic E-state index is 11.7. The Morgan fingerprint density at radius 1 is 1.43 bits per heavy atom. The van der Waals surface area contributed by atoms with Gasteiger partial charge in [0.1, 0.15) is 21.6 Å². The standard InChI is InChI=1S/C13H22N2O5S/c1-12(2,3)21(20)14-8-4-6-13(10(16)17)7-5-9-15(13)11(18)19/h8H,4-7,9H2,1-3H3,(H,16,17)(H,18,19)/b14-8+/t13-,21?/m0/s1. The third-order valence-electron chi connectivity index (χ3n) is 3.50. The summed E-state index contributed by atoms with van der Waals surface area (Å²) in [5.74, 6) is -1.13. The van der Waals surface area contributed by atoms with Gasteiger partial charge in [0.2, 0.25) is 0 Å². The van der Waals surface area contributed by atoms with E-state index in [0.29, 0.717) is 12.8 Å². The number of aliphatic carboxylic acids is 1. The highest BCUT2D eigenvalue weighted by Crippen LogP contribution is 2.34. The molecule has 2 N–H and O–H groups in total. The van der Waals surface area contributed by atoms with Crippen molar-refractivity contribution in [2.75, 3.05) is 6.54 Å². The second-order valence-electron chi connectivity index (χ2n) is 6.06. The Kier molecular flexibility index (Phi) is 5.63. The molecule has 0 aromatic heterocycles. The first-order chi connectivity index (χ1) is 9.61. The minimum atomic E-state index is -1.39. The van der Waals surface area contributed by atoms with Crippen LogP contribution in [0.25, 0.3) is 0 Å². The van der Waals surface area contributed by atoms with Gasteiger partial charge in [-0.15, -0.1) is 0 Å². The van der Waals surface area contributed by atoms with Crippen LogP contribution in [-0.4, -0.2) is 54.8 Å². The Morgan fingerprint density at radius 2 is 2.05 bits per heavy atom.